The average Bonchev–Trinajstić information content (AvgIpc) is 2.86. The molecule has 98 valence electrons. The summed E-state index contributed by atoms with van der Waals surface area (Å²) in [6, 6.07) is 5.74. The Morgan fingerprint density at radius 2 is 2.06 bits per heavy atom. The van der Waals surface area contributed by atoms with Crippen molar-refractivity contribution in [2.24, 2.45) is 5.92 Å². The molecule has 1 amide bonds. The summed E-state index contributed by atoms with van der Waals surface area (Å²) in [5, 5.41) is 3.09. The van der Waals surface area contributed by atoms with Crippen LogP contribution in [0.25, 0.3) is 0 Å². The van der Waals surface area contributed by atoms with E-state index in [2.05, 4.69) is 12.2 Å². The van der Waals surface area contributed by atoms with Crippen LogP contribution < -0.4 is 11.1 Å². The van der Waals surface area contributed by atoms with Crippen LogP contribution in [0.1, 0.15) is 48.5 Å². The van der Waals surface area contributed by atoms with Gasteiger partial charge in [-0.05, 0) is 50.3 Å². The lowest BCUT2D eigenvalue weighted by molar-refractivity contribution is 0.0927. The molecule has 3 nitrogen and oxygen atoms in total. The summed E-state index contributed by atoms with van der Waals surface area (Å²) in [5.74, 6) is 0.623. The van der Waals surface area contributed by atoms with Crippen molar-refractivity contribution in [2.75, 3.05) is 5.73 Å². The third-order valence-corrected chi connectivity index (χ3v) is 4.01. The molecule has 3 heteroatoms. The largest absolute Gasteiger partial charge is 0.398 e. The highest BCUT2D eigenvalue weighted by Gasteiger charge is 2.23. The van der Waals surface area contributed by atoms with Crippen molar-refractivity contribution in [3.63, 3.8) is 0 Å². The second-order valence-electron chi connectivity index (χ2n) is 5.38. The van der Waals surface area contributed by atoms with Crippen molar-refractivity contribution in [3.8, 4) is 0 Å². The number of nitrogen functional groups attached to an aromatic ring is 1. The van der Waals surface area contributed by atoms with Crippen molar-refractivity contribution in [1.29, 1.82) is 0 Å². The molecule has 3 N–H and O–H groups in total. The number of carbonyl (C=O) groups excluding carboxylic acids is 1. The molecule has 1 aromatic carbocycles. The topological polar surface area (TPSA) is 55.1 Å². The summed E-state index contributed by atoms with van der Waals surface area (Å²) < 4.78 is 0. The van der Waals surface area contributed by atoms with Gasteiger partial charge in [0.15, 0.2) is 0 Å². The number of aryl methyl sites for hydroxylation is 1. The maximum absolute atomic E-state index is 12.1. The van der Waals surface area contributed by atoms with Crippen LogP contribution >= 0.6 is 0 Å². The maximum atomic E-state index is 12.1. The van der Waals surface area contributed by atoms with Crippen LogP contribution in [0.15, 0.2) is 18.2 Å². The Balaban J connectivity index is 2.00. The van der Waals surface area contributed by atoms with Crippen LogP contribution in [0.3, 0.4) is 0 Å². The molecule has 0 radical (unpaired) electrons. The monoisotopic (exact) mass is 246 g/mol. The molecule has 0 heterocycles. The minimum atomic E-state index is -0.0129. The third-order valence-electron chi connectivity index (χ3n) is 4.01. The van der Waals surface area contributed by atoms with Gasteiger partial charge < -0.3 is 11.1 Å². The van der Waals surface area contributed by atoms with Gasteiger partial charge in [0, 0.05) is 17.3 Å². The molecule has 0 aromatic heterocycles. The highest BCUT2D eigenvalue weighted by atomic mass is 16.1. The van der Waals surface area contributed by atoms with E-state index in [0.29, 0.717) is 17.2 Å². The summed E-state index contributed by atoms with van der Waals surface area (Å²) in [4.78, 5) is 12.1. The van der Waals surface area contributed by atoms with Crippen LogP contribution in [-0.4, -0.2) is 11.9 Å². The molecule has 1 aliphatic carbocycles. The zero-order valence-corrected chi connectivity index (χ0v) is 11.2. The summed E-state index contributed by atoms with van der Waals surface area (Å²) in [7, 11) is 0. The standard InChI is InChI=1S/C15H22N2O/c1-10-7-8-13(9-14(10)16)15(18)17-11(2)12-5-3-4-6-12/h7-9,11-12H,3-6,16H2,1-2H3,(H,17,18)/t11-/m1/s1. The fourth-order valence-electron chi connectivity index (χ4n) is 2.65. The van der Waals surface area contributed by atoms with E-state index in [9.17, 15) is 4.79 Å². The van der Waals surface area contributed by atoms with E-state index in [1.807, 2.05) is 19.1 Å². The number of benzene rings is 1. The van der Waals surface area contributed by atoms with Gasteiger partial charge >= 0.3 is 0 Å². The number of amides is 1. The van der Waals surface area contributed by atoms with Crippen LogP contribution in [0, 0.1) is 12.8 Å². The van der Waals surface area contributed by atoms with E-state index >= 15 is 0 Å². The van der Waals surface area contributed by atoms with Gasteiger partial charge in [0.2, 0.25) is 0 Å². The molecular formula is C15H22N2O. The smallest absolute Gasteiger partial charge is 0.251 e. The van der Waals surface area contributed by atoms with Crippen molar-refractivity contribution in [3.05, 3.63) is 29.3 Å². The quantitative estimate of drug-likeness (QED) is 0.806. The van der Waals surface area contributed by atoms with Gasteiger partial charge in [0.1, 0.15) is 0 Å². The van der Waals surface area contributed by atoms with E-state index in [4.69, 9.17) is 5.73 Å². The van der Waals surface area contributed by atoms with Crippen molar-refractivity contribution in [2.45, 2.75) is 45.6 Å². The number of carbonyl (C=O) groups is 1. The summed E-state index contributed by atoms with van der Waals surface area (Å²) >= 11 is 0. The molecule has 1 aromatic rings. The van der Waals surface area contributed by atoms with Crippen LogP contribution in [0.2, 0.25) is 0 Å². The third kappa shape index (κ3) is 2.84. The van der Waals surface area contributed by atoms with Crippen molar-refractivity contribution < 1.29 is 4.79 Å². The van der Waals surface area contributed by atoms with Gasteiger partial charge in [-0.2, -0.15) is 0 Å². The summed E-state index contributed by atoms with van der Waals surface area (Å²) in [5.41, 5.74) is 8.17. The van der Waals surface area contributed by atoms with Crippen LogP contribution in [0.5, 0.6) is 0 Å². The predicted octanol–water partition coefficient (Wildman–Crippen LogP) is 2.89. The van der Waals surface area contributed by atoms with Crippen LogP contribution in [0.4, 0.5) is 5.69 Å². The van der Waals surface area contributed by atoms with E-state index in [1.54, 1.807) is 6.07 Å². The second kappa shape index (κ2) is 5.42. The molecule has 18 heavy (non-hydrogen) atoms. The number of nitrogens with two attached hydrogens (primary N) is 1. The Kier molecular flexibility index (Phi) is 3.90. The highest BCUT2D eigenvalue weighted by Crippen LogP contribution is 2.27. The second-order valence-corrected chi connectivity index (χ2v) is 5.38. The van der Waals surface area contributed by atoms with Gasteiger partial charge in [-0.25, -0.2) is 0 Å². The Labute approximate surface area is 109 Å². The minimum absolute atomic E-state index is 0.0129. The molecular weight excluding hydrogens is 224 g/mol. The lowest BCUT2D eigenvalue weighted by Crippen LogP contribution is -2.37. The first kappa shape index (κ1) is 12.9. The average molecular weight is 246 g/mol. The van der Waals surface area contributed by atoms with Gasteiger partial charge in [-0.1, -0.05) is 18.9 Å². The van der Waals surface area contributed by atoms with Crippen molar-refractivity contribution in [1.82, 2.24) is 5.32 Å². The molecule has 0 spiro atoms. The van der Waals surface area contributed by atoms with E-state index in [0.717, 1.165) is 5.56 Å². The molecule has 0 unspecified atom stereocenters. The van der Waals surface area contributed by atoms with Gasteiger partial charge in [-0.3, -0.25) is 4.79 Å². The molecule has 1 saturated carbocycles. The molecule has 0 aliphatic heterocycles. The maximum Gasteiger partial charge on any atom is 0.251 e. The lowest BCUT2D eigenvalue weighted by Gasteiger charge is -2.20. The molecule has 0 bridgehead atoms. The van der Waals surface area contributed by atoms with Crippen molar-refractivity contribution >= 4 is 11.6 Å². The Morgan fingerprint density at radius 1 is 1.39 bits per heavy atom. The van der Waals surface area contributed by atoms with Crippen LogP contribution in [-0.2, 0) is 0 Å². The van der Waals surface area contributed by atoms with Gasteiger partial charge in [0.25, 0.3) is 5.91 Å². The number of hydrogen-bond donors (Lipinski definition) is 2. The number of hydrogen-bond acceptors (Lipinski definition) is 2. The minimum Gasteiger partial charge on any atom is -0.398 e. The molecule has 1 atom stereocenters. The Hall–Kier alpha value is -1.51. The van der Waals surface area contributed by atoms with E-state index in [1.165, 1.54) is 25.7 Å². The Bertz CT molecular complexity index is 436. The predicted molar refractivity (Wildman–Crippen MR) is 74.5 cm³/mol. The Morgan fingerprint density at radius 3 is 2.67 bits per heavy atom. The number of rotatable bonds is 3. The fraction of sp³-hybridized carbons (Fsp3) is 0.533. The fourth-order valence-corrected chi connectivity index (χ4v) is 2.65. The first-order valence-corrected chi connectivity index (χ1v) is 6.75. The van der Waals surface area contributed by atoms with E-state index < -0.39 is 0 Å². The summed E-state index contributed by atoms with van der Waals surface area (Å²) in [6.45, 7) is 4.05. The first-order chi connectivity index (χ1) is 8.58. The first-order valence-electron chi connectivity index (χ1n) is 6.75. The van der Waals surface area contributed by atoms with Gasteiger partial charge in [0.05, 0.1) is 0 Å². The SMILES string of the molecule is Cc1ccc(C(=O)N[C@H](C)C2CCCC2)cc1N. The number of anilines is 1. The zero-order chi connectivity index (χ0) is 13.1. The lowest BCUT2D eigenvalue weighted by atomic mass is 9.99. The zero-order valence-electron chi connectivity index (χ0n) is 11.2. The molecule has 1 fully saturated rings. The van der Waals surface area contributed by atoms with E-state index in [-0.39, 0.29) is 11.9 Å². The number of nitrogens with one attached hydrogen (secondary N) is 1. The summed E-state index contributed by atoms with van der Waals surface area (Å²) in [6.07, 6.45) is 5.06. The normalized spacial score (nSPS) is 17.7. The van der Waals surface area contributed by atoms with Gasteiger partial charge in [-0.15, -0.1) is 0 Å². The molecule has 2 rings (SSSR count). The molecule has 1 aliphatic rings. The molecule has 0 saturated heterocycles. The highest BCUT2D eigenvalue weighted by molar-refractivity contribution is 5.95.